The molecule has 7 nitrogen and oxygen atoms in total. The Labute approximate surface area is 146 Å². The molecule has 2 aromatic heterocycles. The maximum absolute atomic E-state index is 6.35. The van der Waals surface area contributed by atoms with Gasteiger partial charge in [0.1, 0.15) is 11.5 Å². The number of nitrogens with one attached hydrogen (secondary N) is 1. The maximum Gasteiger partial charge on any atom is 0.199 e. The van der Waals surface area contributed by atoms with Crippen LogP contribution in [0.3, 0.4) is 0 Å². The number of aromatic nitrogens is 4. The van der Waals surface area contributed by atoms with Gasteiger partial charge in [-0.25, -0.2) is 4.98 Å². The van der Waals surface area contributed by atoms with Crippen LogP contribution >= 0.6 is 0 Å². The van der Waals surface area contributed by atoms with E-state index in [1.165, 1.54) is 0 Å². The summed E-state index contributed by atoms with van der Waals surface area (Å²) in [6.45, 7) is 4.98. The molecule has 0 radical (unpaired) electrons. The van der Waals surface area contributed by atoms with Crippen molar-refractivity contribution in [2.45, 2.75) is 19.9 Å². The van der Waals surface area contributed by atoms with Crippen LogP contribution in [0.2, 0.25) is 0 Å². The number of nitrogens with two attached hydrogens (primary N) is 1. The van der Waals surface area contributed by atoms with Gasteiger partial charge in [-0.05, 0) is 43.7 Å². The van der Waals surface area contributed by atoms with Crippen LogP contribution in [0.15, 0.2) is 42.6 Å². The number of hydrogen-bond donors (Lipinski definition) is 2. The fourth-order valence-electron chi connectivity index (χ4n) is 2.44. The first kappa shape index (κ1) is 16.9. The van der Waals surface area contributed by atoms with E-state index in [0.717, 1.165) is 5.56 Å². The number of pyridine rings is 1. The lowest BCUT2D eigenvalue weighted by atomic mass is 10.1. The highest BCUT2D eigenvalue weighted by atomic mass is 16.5. The van der Waals surface area contributed by atoms with Crippen LogP contribution < -0.4 is 15.2 Å². The summed E-state index contributed by atoms with van der Waals surface area (Å²) in [7, 11) is 0. The summed E-state index contributed by atoms with van der Waals surface area (Å²) < 4.78 is 11.2. The van der Waals surface area contributed by atoms with Gasteiger partial charge in [0, 0.05) is 6.20 Å². The third-order valence-electron chi connectivity index (χ3n) is 3.62. The van der Waals surface area contributed by atoms with Crippen LogP contribution in [-0.4, -0.2) is 33.4 Å². The van der Waals surface area contributed by atoms with Gasteiger partial charge < -0.3 is 15.2 Å². The number of benzene rings is 1. The van der Waals surface area contributed by atoms with E-state index in [1.807, 2.05) is 50.2 Å². The van der Waals surface area contributed by atoms with Gasteiger partial charge >= 0.3 is 0 Å². The Kier molecular flexibility index (Phi) is 5.25. The molecule has 1 atom stereocenters. The summed E-state index contributed by atoms with van der Waals surface area (Å²) in [4.78, 5) is 8.71. The molecule has 1 aromatic carbocycles. The van der Waals surface area contributed by atoms with Crippen molar-refractivity contribution in [3.63, 3.8) is 0 Å². The molecule has 2 heterocycles. The van der Waals surface area contributed by atoms with Crippen molar-refractivity contribution in [3.8, 4) is 23.0 Å². The molecule has 3 aromatic rings. The molecule has 0 spiro atoms. The Morgan fingerprint density at radius 1 is 1.08 bits per heavy atom. The first-order valence-electron chi connectivity index (χ1n) is 8.21. The van der Waals surface area contributed by atoms with Crippen LogP contribution in [0.25, 0.3) is 11.5 Å². The van der Waals surface area contributed by atoms with Crippen LogP contribution in [0.4, 0.5) is 0 Å². The molecule has 0 saturated carbocycles. The second kappa shape index (κ2) is 7.76. The topological polar surface area (TPSA) is 98.9 Å². The van der Waals surface area contributed by atoms with Gasteiger partial charge in [0.15, 0.2) is 17.3 Å². The number of nitrogens with zero attached hydrogens (tertiary/aromatic N) is 3. The Hall–Kier alpha value is -2.93. The van der Waals surface area contributed by atoms with Crippen molar-refractivity contribution in [3.05, 3.63) is 54.0 Å². The predicted octanol–water partition coefficient (Wildman–Crippen LogP) is 2.71. The molecule has 3 rings (SSSR count). The monoisotopic (exact) mass is 339 g/mol. The van der Waals surface area contributed by atoms with E-state index in [2.05, 4.69) is 20.2 Å². The molecule has 0 aliphatic heterocycles. The van der Waals surface area contributed by atoms with Gasteiger partial charge in [0.05, 0.1) is 19.3 Å². The van der Waals surface area contributed by atoms with Gasteiger partial charge in [-0.1, -0.05) is 12.1 Å². The lowest BCUT2D eigenvalue weighted by Gasteiger charge is -2.14. The van der Waals surface area contributed by atoms with Crippen LogP contribution in [0.1, 0.15) is 31.3 Å². The zero-order chi connectivity index (χ0) is 17.6. The molecule has 0 amide bonds. The second-order valence-electron chi connectivity index (χ2n) is 5.31. The Morgan fingerprint density at radius 3 is 2.60 bits per heavy atom. The van der Waals surface area contributed by atoms with E-state index in [4.69, 9.17) is 15.2 Å². The Bertz CT molecular complexity index is 819. The molecule has 0 unspecified atom stereocenters. The van der Waals surface area contributed by atoms with E-state index < -0.39 is 6.04 Å². The fourth-order valence-corrected chi connectivity index (χ4v) is 2.44. The fraction of sp³-hybridized carbons (Fsp3) is 0.278. The highest BCUT2D eigenvalue weighted by molar-refractivity contribution is 5.49. The third-order valence-corrected chi connectivity index (χ3v) is 3.62. The molecule has 7 heteroatoms. The minimum Gasteiger partial charge on any atom is -0.490 e. The molecule has 0 aliphatic carbocycles. The van der Waals surface area contributed by atoms with Crippen molar-refractivity contribution >= 4 is 0 Å². The quantitative estimate of drug-likeness (QED) is 0.686. The van der Waals surface area contributed by atoms with Gasteiger partial charge in [0.2, 0.25) is 0 Å². The smallest absolute Gasteiger partial charge is 0.199 e. The Balaban J connectivity index is 1.86. The van der Waals surface area contributed by atoms with Crippen molar-refractivity contribution in [1.82, 2.24) is 20.2 Å². The highest BCUT2D eigenvalue weighted by Gasteiger charge is 2.17. The van der Waals surface area contributed by atoms with E-state index in [1.54, 1.807) is 6.20 Å². The maximum atomic E-state index is 6.35. The zero-order valence-electron chi connectivity index (χ0n) is 14.3. The van der Waals surface area contributed by atoms with Gasteiger partial charge in [0.25, 0.3) is 0 Å². The summed E-state index contributed by atoms with van der Waals surface area (Å²) in [5.41, 5.74) is 7.90. The van der Waals surface area contributed by atoms with Crippen LogP contribution in [0.5, 0.6) is 11.5 Å². The summed E-state index contributed by atoms with van der Waals surface area (Å²) in [6.07, 6.45) is 1.70. The Morgan fingerprint density at radius 2 is 1.88 bits per heavy atom. The molecule has 0 saturated heterocycles. The zero-order valence-corrected chi connectivity index (χ0v) is 14.3. The third kappa shape index (κ3) is 3.77. The average molecular weight is 339 g/mol. The van der Waals surface area contributed by atoms with E-state index >= 15 is 0 Å². The molecule has 0 aliphatic rings. The van der Waals surface area contributed by atoms with Crippen molar-refractivity contribution < 1.29 is 9.47 Å². The van der Waals surface area contributed by atoms with Gasteiger partial charge in [-0.3, -0.25) is 10.1 Å². The summed E-state index contributed by atoms with van der Waals surface area (Å²) in [6, 6.07) is 10.8. The SMILES string of the molecule is CCOc1ccc([C@@H](N)c2nc(-c3ccccn3)n[nH]2)cc1OCC. The van der Waals surface area contributed by atoms with Gasteiger partial charge in [-0.2, -0.15) is 5.10 Å². The lowest BCUT2D eigenvalue weighted by molar-refractivity contribution is 0.287. The number of ether oxygens (including phenoxy) is 2. The number of aromatic amines is 1. The van der Waals surface area contributed by atoms with Crippen molar-refractivity contribution in [2.24, 2.45) is 5.73 Å². The van der Waals surface area contributed by atoms with E-state index in [-0.39, 0.29) is 0 Å². The number of hydrogen-bond acceptors (Lipinski definition) is 6. The summed E-state index contributed by atoms with van der Waals surface area (Å²) in [5.74, 6) is 2.45. The molecular formula is C18H21N5O2. The second-order valence-corrected chi connectivity index (χ2v) is 5.31. The number of rotatable bonds is 7. The van der Waals surface area contributed by atoms with Crippen molar-refractivity contribution in [1.29, 1.82) is 0 Å². The molecule has 25 heavy (non-hydrogen) atoms. The highest BCUT2D eigenvalue weighted by Crippen LogP contribution is 2.31. The largest absolute Gasteiger partial charge is 0.490 e. The van der Waals surface area contributed by atoms with Crippen LogP contribution in [0, 0.1) is 0 Å². The van der Waals surface area contributed by atoms with Gasteiger partial charge in [-0.15, -0.1) is 0 Å². The molecule has 130 valence electrons. The minimum absolute atomic E-state index is 0.458. The predicted molar refractivity (Wildman–Crippen MR) is 94.4 cm³/mol. The first-order chi connectivity index (χ1) is 12.2. The average Bonchev–Trinajstić information content (AvgIpc) is 3.14. The summed E-state index contributed by atoms with van der Waals surface area (Å²) in [5, 5.41) is 7.10. The molecule has 0 fully saturated rings. The van der Waals surface area contributed by atoms with E-state index in [0.29, 0.717) is 42.1 Å². The van der Waals surface area contributed by atoms with Crippen LogP contribution in [-0.2, 0) is 0 Å². The van der Waals surface area contributed by atoms with Crippen molar-refractivity contribution in [2.75, 3.05) is 13.2 Å². The standard InChI is InChI=1S/C18H21N5O2/c1-3-24-14-9-8-12(11-15(14)25-4-2)16(19)18-21-17(22-23-18)13-7-5-6-10-20-13/h5-11,16H,3-4,19H2,1-2H3,(H,21,22,23)/t16-/m1/s1. The summed E-state index contributed by atoms with van der Waals surface area (Å²) >= 11 is 0. The lowest BCUT2D eigenvalue weighted by Crippen LogP contribution is -2.14. The minimum atomic E-state index is -0.458. The number of H-pyrrole nitrogens is 1. The normalized spacial score (nSPS) is 12.0. The molecular weight excluding hydrogens is 318 g/mol. The molecule has 0 bridgehead atoms. The van der Waals surface area contributed by atoms with E-state index in [9.17, 15) is 0 Å². The first-order valence-corrected chi connectivity index (χ1v) is 8.21. The molecule has 3 N–H and O–H groups in total.